The Kier molecular flexibility index (Phi) is 3.39. The maximum Gasteiger partial charge on any atom is 0.0628 e. The number of benzene rings is 2. The van der Waals surface area contributed by atoms with Crippen molar-refractivity contribution in [1.29, 1.82) is 0 Å². The maximum absolute atomic E-state index is 9.00. The van der Waals surface area contributed by atoms with Gasteiger partial charge in [-0.3, -0.25) is 0 Å². The largest absolute Gasteiger partial charge is 0.398 e. The summed E-state index contributed by atoms with van der Waals surface area (Å²) in [4.78, 5) is 0. The standard InChI is InChI=1S/C14H17N3O/c15-12-4-2-1-3-10(12)11-7-9(5-6-18)8-13(16)14(11)17/h1-4,7-8,18H,5-6,15-17H2. The quantitative estimate of drug-likeness (QED) is 0.616. The smallest absolute Gasteiger partial charge is 0.0628 e. The molecule has 18 heavy (non-hydrogen) atoms. The van der Waals surface area contributed by atoms with E-state index >= 15 is 0 Å². The summed E-state index contributed by atoms with van der Waals surface area (Å²) in [6.45, 7) is 0.0765. The minimum atomic E-state index is 0.0765. The third kappa shape index (κ3) is 2.24. The number of hydrogen-bond acceptors (Lipinski definition) is 4. The summed E-state index contributed by atoms with van der Waals surface area (Å²) in [7, 11) is 0. The van der Waals surface area contributed by atoms with Gasteiger partial charge >= 0.3 is 0 Å². The van der Waals surface area contributed by atoms with Crippen molar-refractivity contribution in [2.24, 2.45) is 0 Å². The molecule has 2 rings (SSSR count). The number of nitrogens with two attached hydrogens (primary N) is 3. The molecule has 94 valence electrons. The van der Waals surface area contributed by atoms with Crippen LogP contribution < -0.4 is 17.2 Å². The molecule has 0 unspecified atom stereocenters. The number of aliphatic hydroxyl groups excluding tert-OH is 1. The van der Waals surface area contributed by atoms with Crippen LogP contribution in [0.25, 0.3) is 11.1 Å². The van der Waals surface area contributed by atoms with Gasteiger partial charge in [0.15, 0.2) is 0 Å². The fourth-order valence-electron chi connectivity index (χ4n) is 1.98. The van der Waals surface area contributed by atoms with Crippen LogP contribution in [0.1, 0.15) is 5.56 Å². The van der Waals surface area contributed by atoms with E-state index in [0.29, 0.717) is 23.5 Å². The fraction of sp³-hybridized carbons (Fsp3) is 0.143. The molecule has 0 amide bonds. The first-order valence-electron chi connectivity index (χ1n) is 5.77. The number of nitrogen functional groups attached to an aromatic ring is 3. The summed E-state index contributed by atoms with van der Waals surface area (Å²) in [5, 5.41) is 9.00. The SMILES string of the molecule is Nc1ccccc1-c1cc(CCO)cc(N)c1N. The van der Waals surface area contributed by atoms with Crippen molar-refractivity contribution in [1.82, 2.24) is 0 Å². The van der Waals surface area contributed by atoms with Crippen LogP contribution in [0, 0.1) is 0 Å². The molecule has 4 heteroatoms. The zero-order valence-corrected chi connectivity index (χ0v) is 10.1. The van der Waals surface area contributed by atoms with E-state index in [0.717, 1.165) is 16.7 Å². The molecule has 0 atom stereocenters. The summed E-state index contributed by atoms with van der Waals surface area (Å²) in [6, 6.07) is 11.2. The van der Waals surface area contributed by atoms with Crippen molar-refractivity contribution in [2.45, 2.75) is 6.42 Å². The van der Waals surface area contributed by atoms with Crippen molar-refractivity contribution in [2.75, 3.05) is 23.8 Å². The molecule has 2 aromatic rings. The van der Waals surface area contributed by atoms with Crippen LogP contribution in [0.5, 0.6) is 0 Å². The van der Waals surface area contributed by atoms with Crippen LogP contribution in [0.4, 0.5) is 17.1 Å². The van der Waals surface area contributed by atoms with Gasteiger partial charge in [0, 0.05) is 23.4 Å². The van der Waals surface area contributed by atoms with Crippen LogP contribution in [0.3, 0.4) is 0 Å². The van der Waals surface area contributed by atoms with Gasteiger partial charge in [0.2, 0.25) is 0 Å². The van der Waals surface area contributed by atoms with Gasteiger partial charge in [-0.15, -0.1) is 0 Å². The van der Waals surface area contributed by atoms with Gasteiger partial charge in [-0.1, -0.05) is 18.2 Å². The Morgan fingerprint density at radius 2 is 1.61 bits per heavy atom. The van der Waals surface area contributed by atoms with Crippen LogP contribution in [-0.2, 0) is 6.42 Å². The van der Waals surface area contributed by atoms with Crippen molar-refractivity contribution in [3.63, 3.8) is 0 Å². The van der Waals surface area contributed by atoms with Crippen molar-refractivity contribution in [3.8, 4) is 11.1 Å². The highest BCUT2D eigenvalue weighted by Crippen LogP contribution is 2.34. The van der Waals surface area contributed by atoms with Crippen molar-refractivity contribution < 1.29 is 5.11 Å². The molecular formula is C14H17N3O. The first kappa shape index (κ1) is 12.3. The van der Waals surface area contributed by atoms with Gasteiger partial charge in [0.1, 0.15) is 0 Å². The lowest BCUT2D eigenvalue weighted by Crippen LogP contribution is -2.02. The summed E-state index contributed by atoms with van der Waals surface area (Å²) in [5.41, 5.74) is 22.2. The molecule has 0 saturated heterocycles. The number of anilines is 3. The van der Waals surface area contributed by atoms with Crippen molar-refractivity contribution >= 4 is 17.1 Å². The Hall–Kier alpha value is -2.20. The zero-order chi connectivity index (χ0) is 13.1. The molecule has 0 aliphatic heterocycles. The Labute approximate surface area is 106 Å². The van der Waals surface area contributed by atoms with Crippen molar-refractivity contribution in [3.05, 3.63) is 42.0 Å². The van der Waals surface area contributed by atoms with Crippen LogP contribution in [0.15, 0.2) is 36.4 Å². The fourth-order valence-corrected chi connectivity index (χ4v) is 1.98. The molecule has 0 fully saturated rings. The van der Waals surface area contributed by atoms with E-state index in [1.54, 1.807) is 6.07 Å². The minimum absolute atomic E-state index is 0.0765. The molecule has 0 bridgehead atoms. The second kappa shape index (κ2) is 4.98. The Balaban J connectivity index is 2.59. The molecule has 0 saturated carbocycles. The Morgan fingerprint density at radius 1 is 0.889 bits per heavy atom. The van der Waals surface area contributed by atoms with E-state index in [-0.39, 0.29) is 6.61 Å². The van der Waals surface area contributed by atoms with Gasteiger partial charge in [-0.25, -0.2) is 0 Å². The number of para-hydroxylation sites is 1. The van der Waals surface area contributed by atoms with E-state index in [2.05, 4.69) is 0 Å². The minimum Gasteiger partial charge on any atom is -0.398 e. The van der Waals surface area contributed by atoms with E-state index in [1.807, 2.05) is 30.3 Å². The van der Waals surface area contributed by atoms with Gasteiger partial charge in [0.25, 0.3) is 0 Å². The monoisotopic (exact) mass is 243 g/mol. The third-order valence-corrected chi connectivity index (χ3v) is 2.92. The lowest BCUT2D eigenvalue weighted by atomic mass is 9.97. The molecule has 0 heterocycles. The lowest BCUT2D eigenvalue weighted by molar-refractivity contribution is 0.299. The number of rotatable bonds is 3. The second-order valence-electron chi connectivity index (χ2n) is 4.21. The summed E-state index contributed by atoms with van der Waals surface area (Å²) >= 11 is 0. The molecule has 0 aliphatic rings. The molecule has 7 N–H and O–H groups in total. The summed E-state index contributed by atoms with van der Waals surface area (Å²) in [6.07, 6.45) is 0.546. The van der Waals surface area contributed by atoms with E-state index in [1.165, 1.54) is 0 Å². The number of hydrogen-bond donors (Lipinski definition) is 4. The first-order valence-corrected chi connectivity index (χ1v) is 5.77. The van der Waals surface area contributed by atoms with Gasteiger partial charge in [0.05, 0.1) is 11.4 Å². The zero-order valence-electron chi connectivity index (χ0n) is 10.1. The third-order valence-electron chi connectivity index (χ3n) is 2.92. The Morgan fingerprint density at radius 3 is 2.28 bits per heavy atom. The average molecular weight is 243 g/mol. The van der Waals surface area contributed by atoms with E-state index in [9.17, 15) is 0 Å². The highest BCUT2D eigenvalue weighted by atomic mass is 16.2. The highest BCUT2D eigenvalue weighted by molar-refractivity contribution is 5.89. The molecule has 0 aromatic heterocycles. The van der Waals surface area contributed by atoms with Gasteiger partial charge < -0.3 is 22.3 Å². The molecule has 2 aromatic carbocycles. The molecule has 0 radical (unpaired) electrons. The number of aliphatic hydroxyl groups is 1. The van der Waals surface area contributed by atoms with Crippen LogP contribution >= 0.6 is 0 Å². The van der Waals surface area contributed by atoms with Crippen LogP contribution in [0.2, 0.25) is 0 Å². The molecule has 0 spiro atoms. The van der Waals surface area contributed by atoms with Crippen LogP contribution in [-0.4, -0.2) is 11.7 Å². The predicted octanol–water partition coefficient (Wildman–Crippen LogP) is 1.64. The summed E-state index contributed by atoms with van der Waals surface area (Å²) < 4.78 is 0. The first-order chi connectivity index (χ1) is 8.63. The lowest BCUT2D eigenvalue weighted by Gasteiger charge is -2.13. The topological polar surface area (TPSA) is 98.3 Å². The normalized spacial score (nSPS) is 10.5. The second-order valence-corrected chi connectivity index (χ2v) is 4.21. The van der Waals surface area contributed by atoms with Gasteiger partial charge in [-0.2, -0.15) is 0 Å². The maximum atomic E-state index is 9.00. The summed E-state index contributed by atoms with van der Waals surface area (Å²) in [5.74, 6) is 0. The average Bonchev–Trinajstić information content (AvgIpc) is 2.35. The van der Waals surface area contributed by atoms with E-state index < -0.39 is 0 Å². The van der Waals surface area contributed by atoms with E-state index in [4.69, 9.17) is 22.3 Å². The highest BCUT2D eigenvalue weighted by Gasteiger charge is 2.10. The molecule has 0 aliphatic carbocycles. The Bertz CT molecular complexity index is 567. The molecule has 4 nitrogen and oxygen atoms in total. The molecular weight excluding hydrogens is 226 g/mol. The predicted molar refractivity (Wildman–Crippen MR) is 75.9 cm³/mol. The van der Waals surface area contributed by atoms with Gasteiger partial charge in [-0.05, 0) is 30.2 Å².